The first kappa shape index (κ1) is 17.0. The molecule has 1 aromatic heterocycles. The Bertz CT molecular complexity index is 832. The van der Waals surface area contributed by atoms with Crippen LogP contribution in [-0.2, 0) is 23.1 Å². The molecule has 1 spiro atoms. The summed E-state index contributed by atoms with van der Waals surface area (Å²) in [5, 5.41) is 0. The largest absolute Gasteiger partial charge is 0.497 e. The van der Waals surface area contributed by atoms with Crippen LogP contribution < -0.4 is 4.74 Å². The molecular weight excluding hydrogens is 326 g/mol. The van der Waals surface area contributed by atoms with Gasteiger partial charge in [-0.2, -0.15) is 0 Å². The number of piperidine rings is 1. The third kappa shape index (κ3) is 3.06. The minimum Gasteiger partial charge on any atom is -0.497 e. The molecule has 5 heteroatoms. The van der Waals surface area contributed by atoms with Crippen LogP contribution >= 0.6 is 0 Å². The standard InChI is InChI=1S/C21H25N3O2/c1-15-22-13-17-7-9-21(20(17)23-15)8-4-10-24(14-21)19(25)12-16-5-3-6-18(11-16)26-2/h3,5-6,11,13H,4,7-10,12,14H2,1-2H3. The van der Waals surface area contributed by atoms with Crippen LogP contribution in [0.2, 0.25) is 0 Å². The number of hydrogen-bond donors (Lipinski definition) is 0. The lowest BCUT2D eigenvalue weighted by molar-refractivity contribution is -0.132. The summed E-state index contributed by atoms with van der Waals surface area (Å²) in [7, 11) is 1.65. The Hall–Kier alpha value is -2.43. The first-order valence-corrected chi connectivity index (χ1v) is 9.33. The zero-order chi connectivity index (χ0) is 18.1. The van der Waals surface area contributed by atoms with E-state index in [1.165, 1.54) is 11.3 Å². The lowest BCUT2D eigenvalue weighted by Crippen LogP contribution is -2.48. The second-order valence-corrected chi connectivity index (χ2v) is 7.52. The smallest absolute Gasteiger partial charge is 0.227 e. The summed E-state index contributed by atoms with van der Waals surface area (Å²) in [6, 6.07) is 7.77. The summed E-state index contributed by atoms with van der Waals surface area (Å²) in [6.07, 6.45) is 6.63. The molecule has 0 radical (unpaired) electrons. The molecule has 5 nitrogen and oxygen atoms in total. The monoisotopic (exact) mass is 351 g/mol. The third-order valence-electron chi connectivity index (χ3n) is 5.78. The number of amides is 1. The van der Waals surface area contributed by atoms with Gasteiger partial charge in [0.1, 0.15) is 11.6 Å². The van der Waals surface area contributed by atoms with Crippen molar-refractivity contribution in [1.82, 2.24) is 14.9 Å². The normalized spacial score (nSPS) is 21.7. The summed E-state index contributed by atoms with van der Waals surface area (Å²) in [5.41, 5.74) is 3.46. The average Bonchev–Trinajstić information content (AvgIpc) is 2.99. The van der Waals surface area contributed by atoms with Gasteiger partial charge in [-0.3, -0.25) is 4.79 Å². The van der Waals surface area contributed by atoms with E-state index in [0.717, 1.165) is 55.9 Å². The second-order valence-electron chi connectivity index (χ2n) is 7.52. The number of aromatic nitrogens is 2. The van der Waals surface area contributed by atoms with E-state index in [1.54, 1.807) is 7.11 Å². The van der Waals surface area contributed by atoms with Gasteiger partial charge in [0.2, 0.25) is 5.91 Å². The van der Waals surface area contributed by atoms with Crippen LogP contribution in [0.15, 0.2) is 30.5 Å². The maximum atomic E-state index is 12.9. The molecule has 1 fully saturated rings. The Morgan fingerprint density at radius 3 is 3.08 bits per heavy atom. The van der Waals surface area contributed by atoms with E-state index >= 15 is 0 Å². The molecule has 26 heavy (non-hydrogen) atoms. The molecule has 1 aliphatic carbocycles. The number of ether oxygens (including phenoxy) is 1. The lowest BCUT2D eigenvalue weighted by Gasteiger charge is -2.40. The number of hydrogen-bond acceptors (Lipinski definition) is 4. The van der Waals surface area contributed by atoms with Crippen LogP contribution in [0.4, 0.5) is 0 Å². The van der Waals surface area contributed by atoms with Gasteiger partial charge in [-0.1, -0.05) is 12.1 Å². The quantitative estimate of drug-likeness (QED) is 0.853. The molecule has 1 aliphatic heterocycles. The van der Waals surface area contributed by atoms with Crippen molar-refractivity contribution in [3.63, 3.8) is 0 Å². The lowest BCUT2D eigenvalue weighted by atomic mass is 9.77. The molecule has 2 aliphatic rings. The van der Waals surface area contributed by atoms with E-state index in [9.17, 15) is 4.79 Å². The molecule has 1 aromatic carbocycles. The summed E-state index contributed by atoms with van der Waals surface area (Å²) in [5.74, 6) is 1.81. The highest BCUT2D eigenvalue weighted by atomic mass is 16.5. The summed E-state index contributed by atoms with van der Waals surface area (Å²) < 4.78 is 5.27. The van der Waals surface area contributed by atoms with Crippen LogP contribution in [0, 0.1) is 6.92 Å². The van der Waals surface area contributed by atoms with Gasteiger partial charge < -0.3 is 9.64 Å². The van der Waals surface area contributed by atoms with Crippen LogP contribution in [-0.4, -0.2) is 41.0 Å². The minimum absolute atomic E-state index is 0.0192. The molecule has 0 saturated carbocycles. The van der Waals surface area contributed by atoms with E-state index in [0.29, 0.717) is 6.42 Å². The highest BCUT2D eigenvalue weighted by molar-refractivity contribution is 5.79. The van der Waals surface area contributed by atoms with Crippen molar-refractivity contribution in [3.8, 4) is 5.75 Å². The number of carbonyl (C=O) groups is 1. The molecule has 1 amide bonds. The number of nitrogens with zero attached hydrogens (tertiary/aromatic N) is 3. The van der Waals surface area contributed by atoms with Crippen molar-refractivity contribution in [2.75, 3.05) is 20.2 Å². The van der Waals surface area contributed by atoms with Gasteiger partial charge in [-0.25, -0.2) is 9.97 Å². The Morgan fingerprint density at radius 1 is 1.35 bits per heavy atom. The molecule has 4 rings (SSSR count). The summed E-state index contributed by atoms with van der Waals surface area (Å²) in [4.78, 5) is 24.1. The van der Waals surface area contributed by atoms with Gasteiger partial charge in [-0.15, -0.1) is 0 Å². The molecular formula is C21H25N3O2. The molecule has 1 unspecified atom stereocenters. The number of fused-ring (bicyclic) bond motifs is 2. The van der Waals surface area contributed by atoms with Gasteiger partial charge in [-0.05, 0) is 55.9 Å². The molecule has 0 N–H and O–H groups in total. The van der Waals surface area contributed by atoms with E-state index in [2.05, 4.69) is 4.98 Å². The SMILES string of the molecule is COc1cccc(CC(=O)N2CCCC3(CCc4cnc(C)nc43)C2)c1. The second kappa shape index (κ2) is 6.71. The van der Waals surface area contributed by atoms with Crippen LogP contribution in [0.25, 0.3) is 0 Å². The number of likely N-dealkylation sites (tertiary alicyclic amines) is 1. The van der Waals surface area contributed by atoms with Crippen LogP contribution in [0.5, 0.6) is 5.75 Å². The molecule has 2 heterocycles. The molecule has 1 saturated heterocycles. The van der Waals surface area contributed by atoms with Crippen molar-refractivity contribution in [3.05, 3.63) is 53.1 Å². The number of aryl methyl sites for hydroxylation is 2. The fourth-order valence-electron chi connectivity index (χ4n) is 4.44. The van der Waals surface area contributed by atoms with E-state index in [-0.39, 0.29) is 11.3 Å². The maximum absolute atomic E-state index is 12.9. The van der Waals surface area contributed by atoms with Gasteiger partial charge in [0.25, 0.3) is 0 Å². The fraction of sp³-hybridized carbons (Fsp3) is 0.476. The van der Waals surface area contributed by atoms with Crippen LogP contribution in [0.3, 0.4) is 0 Å². The minimum atomic E-state index is 0.0192. The third-order valence-corrected chi connectivity index (χ3v) is 5.78. The van der Waals surface area contributed by atoms with Gasteiger partial charge in [0, 0.05) is 24.7 Å². The Morgan fingerprint density at radius 2 is 2.23 bits per heavy atom. The maximum Gasteiger partial charge on any atom is 0.227 e. The zero-order valence-electron chi connectivity index (χ0n) is 15.5. The Labute approximate surface area is 154 Å². The van der Waals surface area contributed by atoms with Gasteiger partial charge in [0.05, 0.1) is 19.2 Å². The van der Waals surface area contributed by atoms with Crippen LogP contribution in [0.1, 0.15) is 41.9 Å². The van der Waals surface area contributed by atoms with Crippen molar-refractivity contribution in [2.24, 2.45) is 0 Å². The van der Waals surface area contributed by atoms with Crippen molar-refractivity contribution < 1.29 is 9.53 Å². The number of rotatable bonds is 3. The van der Waals surface area contributed by atoms with E-state index in [4.69, 9.17) is 9.72 Å². The fourth-order valence-corrected chi connectivity index (χ4v) is 4.44. The predicted molar refractivity (Wildman–Crippen MR) is 99.3 cm³/mol. The van der Waals surface area contributed by atoms with Gasteiger partial charge >= 0.3 is 0 Å². The predicted octanol–water partition coefficient (Wildman–Crippen LogP) is 2.84. The average molecular weight is 351 g/mol. The van der Waals surface area contributed by atoms with Crippen molar-refractivity contribution in [2.45, 2.75) is 44.4 Å². The molecule has 0 bridgehead atoms. The first-order chi connectivity index (χ1) is 12.6. The van der Waals surface area contributed by atoms with Crippen molar-refractivity contribution in [1.29, 1.82) is 0 Å². The topological polar surface area (TPSA) is 55.3 Å². The zero-order valence-corrected chi connectivity index (χ0v) is 15.5. The highest BCUT2D eigenvalue weighted by Crippen LogP contribution is 2.43. The highest BCUT2D eigenvalue weighted by Gasteiger charge is 2.44. The molecule has 2 aromatic rings. The van der Waals surface area contributed by atoms with E-state index < -0.39 is 0 Å². The van der Waals surface area contributed by atoms with E-state index in [1.807, 2.05) is 42.3 Å². The Balaban J connectivity index is 1.52. The van der Waals surface area contributed by atoms with Gasteiger partial charge in [0.15, 0.2) is 0 Å². The summed E-state index contributed by atoms with van der Waals surface area (Å²) in [6.45, 7) is 3.56. The molecule has 1 atom stereocenters. The number of benzene rings is 1. The molecule has 136 valence electrons. The first-order valence-electron chi connectivity index (χ1n) is 9.33. The number of methoxy groups -OCH3 is 1. The number of carbonyl (C=O) groups excluding carboxylic acids is 1. The Kier molecular flexibility index (Phi) is 4.39. The summed E-state index contributed by atoms with van der Waals surface area (Å²) >= 11 is 0. The van der Waals surface area contributed by atoms with Crippen molar-refractivity contribution >= 4 is 5.91 Å².